The van der Waals surface area contributed by atoms with Gasteiger partial charge in [0, 0.05) is 5.69 Å². The number of urea groups is 1. The van der Waals surface area contributed by atoms with Crippen LogP contribution in [0, 0.1) is 5.92 Å². The molecule has 2 unspecified atom stereocenters. The van der Waals surface area contributed by atoms with Gasteiger partial charge in [0.25, 0.3) is 0 Å². The Hall–Kier alpha value is -3.17. The Balaban J connectivity index is 1.65. The monoisotopic (exact) mass is 451 g/mol. The fourth-order valence-electron chi connectivity index (χ4n) is 3.48. The predicted molar refractivity (Wildman–Crippen MR) is 113 cm³/mol. The van der Waals surface area contributed by atoms with Gasteiger partial charge >= 0.3 is 12.2 Å². The summed E-state index contributed by atoms with van der Waals surface area (Å²) in [5, 5.41) is 12.6. The maximum absolute atomic E-state index is 14.5. The molecule has 2 amide bonds. The maximum Gasteiger partial charge on any atom is 0.414 e. The van der Waals surface area contributed by atoms with Crippen molar-refractivity contribution in [3.8, 4) is 5.69 Å². The zero-order chi connectivity index (χ0) is 23.3. The molecular weight excluding hydrogens is 426 g/mol. The molecule has 1 aromatic carbocycles. The Bertz CT molecular complexity index is 994. The predicted octanol–water partition coefficient (Wildman–Crippen LogP) is 6.00. The van der Waals surface area contributed by atoms with Crippen LogP contribution in [0.4, 0.5) is 28.0 Å². The van der Waals surface area contributed by atoms with Crippen molar-refractivity contribution in [3.63, 3.8) is 0 Å². The minimum atomic E-state index is -4.50. The summed E-state index contributed by atoms with van der Waals surface area (Å²) in [5.41, 5.74) is 0.211. The highest BCUT2D eigenvalue weighted by Crippen LogP contribution is 2.33. The van der Waals surface area contributed by atoms with Crippen molar-refractivity contribution in [1.82, 2.24) is 20.3 Å². The van der Waals surface area contributed by atoms with Crippen molar-refractivity contribution in [1.29, 1.82) is 0 Å². The summed E-state index contributed by atoms with van der Waals surface area (Å²) in [6, 6.07) is 5.63. The second-order valence-corrected chi connectivity index (χ2v) is 7.71. The third-order valence-corrected chi connectivity index (χ3v) is 5.19. The van der Waals surface area contributed by atoms with Crippen LogP contribution < -0.4 is 10.6 Å². The average molecular weight is 451 g/mol. The number of allylic oxidation sites excluding steroid dienone is 3. The molecule has 1 aliphatic rings. The Morgan fingerprint density at radius 1 is 1.22 bits per heavy atom. The van der Waals surface area contributed by atoms with Crippen LogP contribution in [0.3, 0.4) is 0 Å². The number of carbonyl (C=O) groups excluding carboxylic acids is 1. The van der Waals surface area contributed by atoms with Crippen molar-refractivity contribution in [2.75, 3.05) is 5.32 Å². The molecule has 1 aromatic heterocycles. The van der Waals surface area contributed by atoms with Gasteiger partial charge in [0.1, 0.15) is 11.9 Å². The molecule has 10 heteroatoms. The number of hydrogen-bond acceptors (Lipinski definition) is 3. The molecule has 2 aromatic rings. The van der Waals surface area contributed by atoms with Gasteiger partial charge in [-0.3, -0.25) is 0 Å². The van der Waals surface area contributed by atoms with Gasteiger partial charge in [0.2, 0.25) is 0 Å². The van der Waals surface area contributed by atoms with Gasteiger partial charge in [-0.25, -0.2) is 13.9 Å². The van der Waals surface area contributed by atoms with Crippen LogP contribution in [-0.2, 0) is 0 Å². The molecule has 0 radical (unpaired) electrons. The quantitative estimate of drug-likeness (QED) is 0.507. The van der Waals surface area contributed by atoms with Crippen molar-refractivity contribution < 1.29 is 22.4 Å². The van der Waals surface area contributed by atoms with E-state index in [1.54, 1.807) is 30.3 Å². The molecule has 172 valence electrons. The van der Waals surface area contributed by atoms with E-state index in [0.717, 1.165) is 12.8 Å². The van der Waals surface area contributed by atoms with E-state index in [1.807, 2.05) is 13.8 Å². The van der Waals surface area contributed by atoms with Crippen LogP contribution in [0.1, 0.15) is 51.4 Å². The van der Waals surface area contributed by atoms with E-state index in [9.17, 15) is 22.4 Å². The molecule has 32 heavy (non-hydrogen) atoms. The van der Waals surface area contributed by atoms with Crippen molar-refractivity contribution >= 4 is 11.7 Å². The molecule has 2 N–H and O–H groups in total. The lowest BCUT2D eigenvalue weighted by molar-refractivity contribution is -0.0949. The van der Waals surface area contributed by atoms with Crippen LogP contribution in [-0.4, -0.2) is 27.2 Å². The SMILES string of the molecule is CCCC(C)C(F)c1cn(-c2ccc(NC(=O)NC3=C(C(F)(F)F)CCC=C3)cc2)nn1. The van der Waals surface area contributed by atoms with E-state index in [0.29, 0.717) is 11.4 Å². The molecule has 0 saturated carbocycles. The fraction of sp³-hybridized carbons (Fsp3) is 0.409. The number of rotatable bonds is 7. The first-order valence-corrected chi connectivity index (χ1v) is 10.4. The van der Waals surface area contributed by atoms with Crippen molar-refractivity contribution in [3.05, 3.63) is 59.6 Å². The maximum atomic E-state index is 14.5. The Kier molecular flexibility index (Phi) is 7.32. The second kappa shape index (κ2) is 9.97. The molecular formula is C22H25F4N5O. The number of halogens is 4. The summed E-state index contributed by atoms with van der Waals surface area (Å²) in [6.45, 7) is 3.82. The molecule has 3 rings (SSSR count). The van der Waals surface area contributed by atoms with Gasteiger partial charge in [-0.1, -0.05) is 31.6 Å². The fourth-order valence-corrected chi connectivity index (χ4v) is 3.48. The molecule has 0 saturated heterocycles. The van der Waals surface area contributed by atoms with Crippen LogP contribution in [0.2, 0.25) is 0 Å². The van der Waals surface area contributed by atoms with E-state index >= 15 is 0 Å². The number of carbonyl (C=O) groups is 1. The number of benzene rings is 1. The first-order valence-electron chi connectivity index (χ1n) is 10.4. The third-order valence-electron chi connectivity index (χ3n) is 5.19. The minimum absolute atomic E-state index is 0.165. The minimum Gasteiger partial charge on any atom is -0.308 e. The van der Waals surface area contributed by atoms with Crippen LogP contribution >= 0.6 is 0 Å². The summed E-state index contributed by atoms with van der Waals surface area (Å²) in [4.78, 5) is 12.2. The van der Waals surface area contributed by atoms with Gasteiger partial charge in [0.15, 0.2) is 0 Å². The summed E-state index contributed by atoms with van der Waals surface area (Å²) >= 11 is 0. The number of nitrogens with one attached hydrogen (secondary N) is 2. The second-order valence-electron chi connectivity index (χ2n) is 7.71. The molecule has 0 fully saturated rings. The number of aromatic nitrogens is 3. The highest BCUT2D eigenvalue weighted by Gasteiger charge is 2.36. The summed E-state index contributed by atoms with van der Waals surface area (Å²) in [6.07, 6.45) is 0.364. The first kappa shape index (κ1) is 23.5. The van der Waals surface area contributed by atoms with E-state index in [4.69, 9.17) is 0 Å². The number of anilines is 1. The van der Waals surface area contributed by atoms with Gasteiger partial charge in [-0.2, -0.15) is 13.2 Å². The molecule has 0 aliphatic heterocycles. The largest absolute Gasteiger partial charge is 0.414 e. The number of amides is 2. The normalized spacial score (nSPS) is 16.1. The number of hydrogen-bond donors (Lipinski definition) is 2. The smallest absolute Gasteiger partial charge is 0.308 e. The molecule has 2 atom stereocenters. The Morgan fingerprint density at radius 3 is 2.59 bits per heavy atom. The zero-order valence-electron chi connectivity index (χ0n) is 17.8. The molecule has 1 heterocycles. The highest BCUT2D eigenvalue weighted by molar-refractivity contribution is 5.90. The summed E-state index contributed by atoms with van der Waals surface area (Å²) in [5.74, 6) is -0.165. The molecule has 0 bridgehead atoms. The van der Waals surface area contributed by atoms with Gasteiger partial charge < -0.3 is 10.6 Å². The van der Waals surface area contributed by atoms with E-state index in [-0.39, 0.29) is 30.2 Å². The average Bonchev–Trinajstić information content (AvgIpc) is 3.23. The molecule has 6 nitrogen and oxygen atoms in total. The Labute approximate surface area is 183 Å². The standard InChI is InChI=1S/C22H25F4N5O/c1-3-6-14(2)20(23)19-13-31(30-29-19)16-11-9-15(10-12-16)27-21(32)28-18-8-5-4-7-17(18)22(24,25)26/h5,8-14,20H,3-4,6-7H2,1-2H3,(H2,27,28,32). The zero-order valence-corrected chi connectivity index (χ0v) is 17.8. The van der Waals surface area contributed by atoms with Crippen LogP contribution in [0.5, 0.6) is 0 Å². The van der Waals surface area contributed by atoms with E-state index in [2.05, 4.69) is 20.9 Å². The van der Waals surface area contributed by atoms with E-state index in [1.165, 1.54) is 17.0 Å². The van der Waals surface area contributed by atoms with Gasteiger partial charge in [-0.15, -0.1) is 5.10 Å². The van der Waals surface area contributed by atoms with Crippen molar-refractivity contribution in [2.45, 2.75) is 51.9 Å². The summed E-state index contributed by atoms with van der Waals surface area (Å²) < 4.78 is 55.2. The van der Waals surface area contributed by atoms with Crippen molar-refractivity contribution in [2.24, 2.45) is 5.92 Å². The highest BCUT2D eigenvalue weighted by atomic mass is 19.4. The number of alkyl halides is 4. The van der Waals surface area contributed by atoms with Gasteiger partial charge in [0.05, 0.1) is 23.2 Å². The number of nitrogens with zero attached hydrogens (tertiary/aromatic N) is 3. The Morgan fingerprint density at radius 2 is 1.94 bits per heavy atom. The molecule has 1 aliphatic carbocycles. The first-order chi connectivity index (χ1) is 15.2. The topological polar surface area (TPSA) is 71.8 Å². The lowest BCUT2D eigenvalue weighted by Gasteiger charge is -2.19. The van der Waals surface area contributed by atoms with Crippen LogP contribution in [0.25, 0.3) is 5.69 Å². The third kappa shape index (κ3) is 5.74. The van der Waals surface area contributed by atoms with E-state index < -0.39 is 24.0 Å². The van der Waals surface area contributed by atoms with Crippen LogP contribution in [0.15, 0.2) is 53.9 Å². The molecule has 0 spiro atoms. The van der Waals surface area contributed by atoms with Gasteiger partial charge in [-0.05, 0) is 55.5 Å². The lowest BCUT2D eigenvalue weighted by Crippen LogP contribution is -2.31. The summed E-state index contributed by atoms with van der Waals surface area (Å²) in [7, 11) is 0. The lowest BCUT2D eigenvalue weighted by atomic mass is 9.99.